The van der Waals surface area contributed by atoms with Crippen molar-refractivity contribution in [1.82, 2.24) is 10.8 Å². The van der Waals surface area contributed by atoms with Crippen molar-refractivity contribution in [3.63, 3.8) is 0 Å². The first-order valence-electron chi connectivity index (χ1n) is 9.81. The Balaban J connectivity index is 1.35. The first kappa shape index (κ1) is 17.5. The maximum absolute atomic E-state index is 13.0. The highest BCUT2D eigenvalue weighted by atomic mass is 16.5. The van der Waals surface area contributed by atoms with Gasteiger partial charge >= 0.3 is 0 Å². The molecule has 0 unspecified atom stereocenters. The molecule has 5 heteroatoms. The van der Waals surface area contributed by atoms with Crippen molar-refractivity contribution in [1.29, 1.82) is 0 Å². The van der Waals surface area contributed by atoms with E-state index in [0.29, 0.717) is 12.1 Å². The lowest BCUT2D eigenvalue weighted by atomic mass is 9.49. The maximum Gasteiger partial charge on any atom is 0.274 e. The van der Waals surface area contributed by atoms with Crippen molar-refractivity contribution >= 4 is 11.8 Å². The molecule has 4 bridgehead atoms. The van der Waals surface area contributed by atoms with E-state index in [4.69, 9.17) is 5.21 Å². The number of rotatable bonds is 5. The molecule has 4 fully saturated rings. The van der Waals surface area contributed by atoms with Crippen LogP contribution in [0.25, 0.3) is 0 Å². The zero-order valence-corrected chi connectivity index (χ0v) is 15.4. The summed E-state index contributed by atoms with van der Waals surface area (Å²) < 4.78 is 0. The molecule has 0 aliphatic heterocycles. The van der Waals surface area contributed by atoms with Crippen molar-refractivity contribution in [2.24, 2.45) is 23.2 Å². The number of aryl methyl sites for hydroxylation is 1. The summed E-state index contributed by atoms with van der Waals surface area (Å²) in [6.07, 6.45) is 8.07. The normalized spacial score (nSPS) is 31.7. The van der Waals surface area contributed by atoms with Gasteiger partial charge in [-0.05, 0) is 92.9 Å². The minimum atomic E-state index is -0.505. The van der Waals surface area contributed by atoms with Gasteiger partial charge in [0, 0.05) is 17.5 Å². The minimum absolute atomic E-state index is 0.0904. The third-order valence-corrected chi connectivity index (χ3v) is 6.91. The number of hydroxylamine groups is 1. The molecule has 5 rings (SSSR count). The second kappa shape index (κ2) is 6.69. The summed E-state index contributed by atoms with van der Waals surface area (Å²) in [4.78, 5) is 24.4. The Bertz CT molecular complexity index is 693. The van der Waals surface area contributed by atoms with Crippen LogP contribution in [0.3, 0.4) is 0 Å². The van der Waals surface area contributed by atoms with Crippen LogP contribution in [-0.4, -0.2) is 23.6 Å². The van der Waals surface area contributed by atoms with E-state index in [0.717, 1.165) is 54.6 Å². The molecule has 4 aliphatic rings. The molecule has 1 aromatic carbocycles. The highest BCUT2D eigenvalue weighted by Gasteiger charge is 2.54. The summed E-state index contributed by atoms with van der Waals surface area (Å²) in [7, 11) is 0. The van der Waals surface area contributed by atoms with Gasteiger partial charge in [-0.15, -0.1) is 0 Å². The summed E-state index contributed by atoms with van der Waals surface area (Å²) in [5.41, 5.74) is 4.11. The molecule has 0 atom stereocenters. The topological polar surface area (TPSA) is 78.4 Å². The molecule has 4 aliphatic carbocycles. The van der Waals surface area contributed by atoms with Gasteiger partial charge in [-0.25, -0.2) is 5.48 Å². The molecule has 140 valence electrons. The molecular formula is C21H28N2O3. The van der Waals surface area contributed by atoms with Crippen LogP contribution < -0.4 is 10.8 Å². The Morgan fingerprint density at radius 2 is 1.73 bits per heavy atom. The fourth-order valence-electron chi connectivity index (χ4n) is 6.07. The molecule has 0 heterocycles. The number of hydrogen-bond acceptors (Lipinski definition) is 3. The van der Waals surface area contributed by atoms with E-state index in [2.05, 4.69) is 5.32 Å². The second-order valence-electron chi connectivity index (χ2n) is 8.79. The smallest absolute Gasteiger partial charge is 0.274 e. The number of hydrogen-bond donors (Lipinski definition) is 3. The van der Waals surface area contributed by atoms with Crippen LogP contribution in [0.4, 0.5) is 0 Å². The van der Waals surface area contributed by atoms with E-state index in [1.807, 2.05) is 13.0 Å². The van der Waals surface area contributed by atoms with Crippen LogP contribution in [0.15, 0.2) is 18.2 Å². The van der Waals surface area contributed by atoms with Gasteiger partial charge in [0.2, 0.25) is 5.91 Å². The number of carbonyl (C=O) groups excluding carboxylic acids is 2. The Kier molecular flexibility index (Phi) is 4.51. The number of carbonyl (C=O) groups is 2. The van der Waals surface area contributed by atoms with E-state index in [1.165, 1.54) is 19.3 Å². The zero-order chi connectivity index (χ0) is 18.3. The molecule has 1 aromatic rings. The van der Waals surface area contributed by atoms with Gasteiger partial charge in [0.1, 0.15) is 0 Å². The van der Waals surface area contributed by atoms with Crippen molar-refractivity contribution in [3.8, 4) is 0 Å². The largest absolute Gasteiger partial charge is 0.355 e. The standard InChI is InChI=1S/C21H28N2O3/c1-13-6-18(19(24)23-26)3-2-17(13)4-5-22-20(25)21-10-14-7-15(11-21)9-16(8-14)12-21/h2-3,6,14-16,26H,4-5,7-12H2,1H3,(H,22,25)(H,23,24). The summed E-state index contributed by atoms with van der Waals surface area (Å²) in [6, 6.07) is 5.37. The highest BCUT2D eigenvalue weighted by molar-refractivity contribution is 5.93. The predicted molar refractivity (Wildman–Crippen MR) is 97.8 cm³/mol. The number of amides is 2. The maximum atomic E-state index is 13.0. The lowest BCUT2D eigenvalue weighted by molar-refractivity contribution is -0.146. The lowest BCUT2D eigenvalue weighted by Gasteiger charge is -2.55. The fourth-order valence-corrected chi connectivity index (χ4v) is 6.07. The number of benzene rings is 1. The summed E-state index contributed by atoms with van der Waals surface area (Å²) in [6.45, 7) is 2.58. The molecule has 0 aromatic heterocycles. The summed E-state index contributed by atoms with van der Waals surface area (Å²) in [5, 5.41) is 11.9. The van der Waals surface area contributed by atoms with Crippen molar-refractivity contribution in [2.45, 2.75) is 51.9 Å². The summed E-state index contributed by atoms with van der Waals surface area (Å²) >= 11 is 0. The number of nitrogens with one attached hydrogen (secondary N) is 2. The van der Waals surface area contributed by atoms with Gasteiger partial charge in [-0.3, -0.25) is 14.8 Å². The van der Waals surface area contributed by atoms with Crippen molar-refractivity contribution < 1.29 is 14.8 Å². The van der Waals surface area contributed by atoms with Crippen molar-refractivity contribution in [3.05, 3.63) is 34.9 Å². The average Bonchev–Trinajstić information content (AvgIpc) is 2.61. The molecule has 2 amide bonds. The zero-order valence-electron chi connectivity index (χ0n) is 15.4. The molecule has 3 N–H and O–H groups in total. The third kappa shape index (κ3) is 3.13. The molecule has 0 saturated heterocycles. The van der Waals surface area contributed by atoms with E-state index in [-0.39, 0.29) is 11.3 Å². The molecule has 0 spiro atoms. The molecule has 26 heavy (non-hydrogen) atoms. The SMILES string of the molecule is Cc1cc(C(=O)NO)ccc1CCNC(=O)C12CC3CC(CC(C3)C1)C2. The summed E-state index contributed by atoms with van der Waals surface area (Å²) in [5.74, 6) is 2.10. The quantitative estimate of drug-likeness (QED) is 0.561. The molecule has 0 radical (unpaired) electrons. The Morgan fingerprint density at radius 3 is 2.27 bits per heavy atom. The van der Waals surface area contributed by atoms with Gasteiger partial charge < -0.3 is 5.32 Å². The van der Waals surface area contributed by atoms with Crippen LogP contribution in [0.1, 0.15) is 60.0 Å². The lowest BCUT2D eigenvalue weighted by Crippen LogP contribution is -2.53. The van der Waals surface area contributed by atoms with E-state index in [1.54, 1.807) is 17.6 Å². The van der Waals surface area contributed by atoms with Crippen LogP contribution >= 0.6 is 0 Å². The van der Waals surface area contributed by atoms with Gasteiger partial charge in [0.15, 0.2) is 0 Å². The second-order valence-corrected chi connectivity index (χ2v) is 8.79. The first-order valence-corrected chi connectivity index (χ1v) is 9.81. The monoisotopic (exact) mass is 356 g/mol. The highest BCUT2D eigenvalue weighted by Crippen LogP contribution is 2.60. The average molecular weight is 356 g/mol. The van der Waals surface area contributed by atoms with Crippen LogP contribution in [-0.2, 0) is 11.2 Å². The van der Waals surface area contributed by atoms with Crippen LogP contribution in [0.2, 0.25) is 0 Å². The molecule has 4 saturated carbocycles. The van der Waals surface area contributed by atoms with Crippen molar-refractivity contribution in [2.75, 3.05) is 6.54 Å². The van der Waals surface area contributed by atoms with Crippen LogP contribution in [0.5, 0.6) is 0 Å². The van der Waals surface area contributed by atoms with Gasteiger partial charge in [0.05, 0.1) is 0 Å². The Morgan fingerprint density at radius 1 is 1.12 bits per heavy atom. The van der Waals surface area contributed by atoms with Crippen LogP contribution in [0, 0.1) is 30.1 Å². The Hall–Kier alpha value is -1.88. The van der Waals surface area contributed by atoms with Gasteiger partial charge in [-0.2, -0.15) is 0 Å². The van der Waals surface area contributed by atoms with Gasteiger partial charge in [-0.1, -0.05) is 6.07 Å². The predicted octanol–water partition coefficient (Wildman–Crippen LogP) is 2.99. The molecule has 5 nitrogen and oxygen atoms in total. The van der Waals surface area contributed by atoms with Gasteiger partial charge in [0.25, 0.3) is 5.91 Å². The van der Waals surface area contributed by atoms with E-state index >= 15 is 0 Å². The minimum Gasteiger partial charge on any atom is -0.355 e. The van der Waals surface area contributed by atoms with E-state index < -0.39 is 5.91 Å². The fraction of sp³-hybridized carbons (Fsp3) is 0.619. The first-order chi connectivity index (χ1) is 12.5. The third-order valence-electron chi connectivity index (χ3n) is 6.91. The van der Waals surface area contributed by atoms with E-state index in [9.17, 15) is 9.59 Å². The Labute approximate surface area is 154 Å². The molecular weight excluding hydrogens is 328 g/mol.